The topological polar surface area (TPSA) is 96.5 Å². The molecule has 0 unspecified atom stereocenters. The minimum Gasteiger partial charge on any atom is -0.870 e. The second-order valence-corrected chi connectivity index (χ2v) is 1.09. The normalized spacial score (nSPS) is 4.67. The molecule has 0 bridgehead atoms. The molecule has 5 N–H and O–H groups in total. The quantitative estimate of drug-likeness (QED) is 0.266. The first-order valence-corrected chi connectivity index (χ1v) is 1.67. The Balaban J connectivity index is -0.00000000990. The zero-order chi connectivity index (χ0) is 5.58. The summed E-state index contributed by atoms with van der Waals surface area (Å²) >= 11 is 0. The average molecular weight is 170 g/mol. The summed E-state index contributed by atoms with van der Waals surface area (Å²) in [6, 6.07) is 0. The van der Waals surface area contributed by atoms with Crippen LogP contribution in [0.4, 0.5) is 0 Å². The fourth-order valence-corrected chi connectivity index (χ4v) is 0. The van der Waals surface area contributed by atoms with Gasteiger partial charge in [0.1, 0.15) is 0 Å². The van der Waals surface area contributed by atoms with Crippen molar-refractivity contribution in [3.8, 4) is 0 Å². The summed E-state index contributed by atoms with van der Waals surface area (Å²) in [6.45, 7) is 3.44. The van der Waals surface area contributed by atoms with Gasteiger partial charge >= 0.3 is 29.6 Å². The van der Waals surface area contributed by atoms with E-state index in [0.29, 0.717) is 0 Å². The number of hydrogen-bond acceptors (Lipinski definition) is 4. The van der Waals surface area contributed by atoms with Crippen molar-refractivity contribution in [2.45, 2.75) is 20.0 Å². The molecule has 0 spiro atoms. The first-order chi connectivity index (χ1) is 2.73. The summed E-state index contributed by atoms with van der Waals surface area (Å²) in [5.74, 6) is 3.50. The Bertz CT molecular complexity index is 23.8. The smallest absolute Gasteiger partial charge is 0.870 e. The van der Waals surface area contributed by atoms with Gasteiger partial charge in [0.15, 0.2) is 0 Å². The number of rotatable bonds is 0. The summed E-state index contributed by atoms with van der Waals surface area (Å²) in [4.78, 5) is 0. The van der Waals surface area contributed by atoms with Gasteiger partial charge in [-0.15, -0.1) is 12.4 Å². The molecule has 0 aromatic heterocycles. The number of nitrogens with two attached hydrogens (primary N) is 1. The van der Waals surface area contributed by atoms with Crippen molar-refractivity contribution < 1.29 is 45.3 Å². The van der Waals surface area contributed by atoms with Gasteiger partial charge in [-0.1, -0.05) is 0 Å². The predicted octanol–water partition coefficient (Wildman–Crippen LogP) is -3.03. The summed E-state index contributed by atoms with van der Waals surface area (Å²) in [6.07, 6.45) is -0.167. The van der Waals surface area contributed by atoms with E-state index in [1.165, 1.54) is 0 Å². The van der Waals surface area contributed by atoms with Gasteiger partial charge in [0, 0.05) is 6.10 Å². The number of hydrogen-bond donors (Lipinski definition) is 3. The van der Waals surface area contributed by atoms with Crippen LogP contribution in [0.3, 0.4) is 0 Å². The third-order valence-corrected chi connectivity index (χ3v) is 0. The van der Waals surface area contributed by atoms with Gasteiger partial charge in [0.25, 0.3) is 0 Å². The van der Waals surface area contributed by atoms with Gasteiger partial charge in [-0.3, -0.25) is 0 Å². The molecule has 0 aliphatic rings. The average Bonchev–Trinajstić information content (AvgIpc) is 1.41. The maximum atomic E-state index is 8.06. The molecule has 0 amide bonds. The molecule has 0 aromatic carbocycles. The van der Waals surface area contributed by atoms with Gasteiger partial charge in [0.05, 0.1) is 0 Å². The van der Waals surface area contributed by atoms with Gasteiger partial charge < -0.3 is 15.8 Å². The molecule has 0 saturated heterocycles. The fraction of sp³-hybridized carbons (Fsp3) is 1.00. The van der Waals surface area contributed by atoms with Crippen LogP contribution in [-0.2, 0) is 0 Å². The van der Waals surface area contributed by atoms with Gasteiger partial charge in [0.2, 0.25) is 0 Å². The molecule has 0 radical (unpaired) electrons. The second-order valence-electron chi connectivity index (χ2n) is 1.09. The van der Waals surface area contributed by atoms with E-state index in [1.807, 2.05) is 0 Å². The molecule has 0 rings (SSSR count). The van der Waals surface area contributed by atoms with E-state index in [1.54, 1.807) is 13.8 Å². The SMILES string of the molecule is CC(C)O.Cl.NO.[Na+].[OH-]. The van der Waals surface area contributed by atoms with Crippen LogP contribution in [0, 0.1) is 0 Å². The van der Waals surface area contributed by atoms with Crippen molar-refractivity contribution in [2.75, 3.05) is 0 Å². The molecule has 6 heteroatoms. The van der Waals surface area contributed by atoms with E-state index >= 15 is 0 Å². The number of aliphatic hydroxyl groups is 1. The maximum absolute atomic E-state index is 8.06. The number of halogens is 1. The van der Waals surface area contributed by atoms with Gasteiger partial charge in [-0.05, 0) is 13.8 Å². The Hall–Kier alpha value is 1.13. The molecular weight excluding hydrogens is 156 g/mol. The van der Waals surface area contributed by atoms with E-state index in [-0.39, 0.29) is 53.5 Å². The minimum atomic E-state index is -0.167. The van der Waals surface area contributed by atoms with E-state index in [0.717, 1.165) is 0 Å². The molecule has 0 aliphatic heterocycles. The molecule has 56 valence electrons. The Morgan fingerprint density at radius 1 is 1.22 bits per heavy atom. The molecule has 0 saturated carbocycles. The van der Waals surface area contributed by atoms with Crippen molar-refractivity contribution >= 4 is 12.4 Å². The molecule has 0 aromatic rings. The standard InChI is InChI=1S/C3H8O.ClH.H3NO.Na.H2O/c1-3(2)4;;1-2;;/h3-4H,1-2H3;1H;2H,1H2;;1H2/q;;;+1;/p-1. The third-order valence-electron chi connectivity index (χ3n) is 0. The van der Waals surface area contributed by atoms with Crippen LogP contribution in [0.15, 0.2) is 0 Å². The van der Waals surface area contributed by atoms with Crippen molar-refractivity contribution in [2.24, 2.45) is 5.90 Å². The van der Waals surface area contributed by atoms with Crippen LogP contribution in [0.5, 0.6) is 0 Å². The van der Waals surface area contributed by atoms with Crippen LogP contribution in [0.2, 0.25) is 0 Å². The van der Waals surface area contributed by atoms with Gasteiger partial charge in [-0.2, -0.15) is 0 Å². The Morgan fingerprint density at radius 2 is 1.22 bits per heavy atom. The summed E-state index contributed by atoms with van der Waals surface area (Å²) in [5, 5.41) is 14.6. The van der Waals surface area contributed by atoms with E-state index in [9.17, 15) is 0 Å². The summed E-state index contributed by atoms with van der Waals surface area (Å²) in [5.41, 5.74) is 0. The first-order valence-electron chi connectivity index (χ1n) is 1.67. The van der Waals surface area contributed by atoms with Crippen LogP contribution in [-0.4, -0.2) is 21.9 Å². The van der Waals surface area contributed by atoms with Crippen molar-refractivity contribution in [1.82, 2.24) is 0 Å². The Kier molecular flexibility index (Phi) is 126. The second kappa shape index (κ2) is 35.4. The fourth-order valence-electron chi connectivity index (χ4n) is 0. The number of aliphatic hydroxyl groups excluding tert-OH is 1. The van der Waals surface area contributed by atoms with Crippen LogP contribution in [0.25, 0.3) is 0 Å². The Morgan fingerprint density at radius 3 is 1.22 bits per heavy atom. The van der Waals surface area contributed by atoms with E-state index in [4.69, 9.17) is 10.3 Å². The molecule has 4 nitrogen and oxygen atoms in total. The zero-order valence-corrected chi connectivity index (χ0v) is 8.72. The van der Waals surface area contributed by atoms with E-state index < -0.39 is 0 Å². The van der Waals surface area contributed by atoms with Crippen LogP contribution in [0.1, 0.15) is 13.8 Å². The summed E-state index contributed by atoms with van der Waals surface area (Å²) in [7, 11) is 0. The van der Waals surface area contributed by atoms with Crippen molar-refractivity contribution in [3.05, 3.63) is 0 Å². The Labute approximate surface area is 83.4 Å². The van der Waals surface area contributed by atoms with E-state index in [2.05, 4.69) is 5.90 Å². The molecule has 0 aliphatic carbocycles. The maximum Gasteiger partial charge on any atom is 1.00 e. The minimum absolute atomic E-state index is 0. The van der Waals surface area contributed by atoms with Crippen molar-refractivity contribution in [1.29, 1.82) is 0 Å². The van der Waals surface area contributed by atoms with Crippen molar-refractivity contribution in [3.63, 3.8) is 0 Å². The van der Waals surface area contributed by atoms with Gasteiger partial charge in [-0.25, -0.2) is 5.90 Å². The summed E-state index contributed by atoms with van der Waals surface area (Å²) < 4.78 is 0. The zero-order valence-electron chi connectivity index (χ0n) is 5.90. The molecule has 0 heterocycles. The van der Waals surface area contributed by atoms with Crippen LogP contribution >= 0.6 is 12.4 Å². The van der Waals surface area contributed by atoms with Crippen LogP contribution < -0.4 is 35.5 Å². The monoisotopic (exact) mass is 169 g/mol. The molecule has 0 fully saturated rings. The first kappa shape index (κ1) is 32.1. The molecule has 0 atom stereocenters. The largest absolute Gasteiger partial charge is 1.00 e. The molecular formula is C3H13ClNNaO3. The molecule has 9 heavy (non-hydrogen) atoms. The third kappa shape index (κ3) is 363. The predicted molar refractivity (Wildman–Crippen MR) is 32.5 cm³/mol.